The van der Waals surface area contributed by atoms with Crippen LogP contribution in [0.15, 0.2) is 75.9 Å². The van der Waals surface area contributed by atoms with Gasteiger partial charge in [-0.2, -0.15) is 4.98 Å². The second-order valence-electron chi connectivity index (χ2n) is 8.96. The summed E-state index contributed by atoms with van der Waals surface area (Å²) in [5, 5.41) is 14.5. The number of nitrogens with one attached hydrogen (secondary N) is 2. The number of carbonyl (C=O) groups is 2. The number of hydrogen-bond acceptors (Lipinski definition) is 7. The van der Waals surface area contributed by atoms with Crippen LogP contribution in [-0.2, 0) is 17.8 Å². The number of aromatic nitrogens is 1. The van der Waals surface area contributed by atoms with Crippen LogP contribution < -0.4 is 21.0 Å². The molecule has 1 aromatic heterocycles. The van der Waals surface area contributed by atoms with Crippen LogP contribution in [0.4, 0.5) is 16.5 Å². The summed E-state index contributed by atoms with van der Waals surface area (Å²) in [6.45, 7) is 4.41. The van der Waals surface area contributed by atoms with Crippen molar-refractivity contribution < 1.29 is 23.8 Å². The Kier molecular flexibility index (Phi) is 8.45. The van der Waals surface area contributed by atoms with E-state index < -0.39 is 17.8 Å². The van der Waals surface area contributed by atoms with Gasteiger partial charge in [0.25, 0.3) is 6.01 Å². The summed E-state index contributed by atoms with van der Waals surface area (Å²) in [7, 11) is 1.58. The number of rotatable bonds is 10. The second kappa shape index (κ2) is 12.1. The van der Waals surface area contributed by atoms with Gasteiger partial charge in [0.05, 0.1) is 18.0 Å². The lowest BCUT2D eigenvalue weighted by atomic mass is 10.0. The number of aryl methyl sites for hydroxylation is 1. The van der Waals surface area contributed by atoms with Crippen molar-refractivity contribution >= 4 is 34.6 Å². The average Bonchev–Trinajstić information content (AvgIpc) is 2.93. The summed E-state index contributed by atoms with van der Waals surface area (Å²) in [5.74, 6) is 0.516. The first-order valence-electron chi connectivity index (χ1n) is 12.5. The highest BCUT2D eigenvalue weighted by Gasteiger charge is 2.26. The third-order valence-electron chi connectivity index (χ3n) is 6.40. The molecular weight excluding hydrogens is 500 g/mol. The Morgan fingerprint density at radius 2 is 1.77 bits per heavy atom. The number of amides is 2. The van der Waals surface area contributed by atoms with Crippen LogP contribution in [0.3, 0.4) is 0 Å². The summed E-state index contributed by atoms with van der Waals surface area (Å²) in [6, 6.07) is 19.2. The molecule has 0 spiro atoms. The van der Waals surface area contributed by atoms with Crippen LogP contribution in [0.5, 0.6) is 5.75 Å². The van der Waals surface area contributed by atoms with E-state index in [0.717, 1.165) is 11.1 Å². The SMILES string of the molecule is CCN(Cc1ccccc1)C(=O)[C@H](Cc1ccc(OC)cc1)Nc1nc2ccc(NC(=O)O)c(C)c2c(=O)o1. The number of hydrogen-bond donors (Lipinski definition) is 3. The Hall–Kier alpha value is -4.86. The molecule has 10 heteroatoms. The Bertz CT molecular complexity index is 1520. The molecule has 1 heterocycles. The van der Waals surface area contributed by atoms with Gasteiger partial charge in [-0.25, -0.2) is 9.59 Å². The lowest BCUT2D eigenvalue weighted by molar-refractivity contribution is -0.132. The van der Waals surface area contributed by atoms with Crippen molar-refractivity contribution in [1.82, 2.24) is 9.88 Å². The van der Waals surface area contributed by atoms with Gasteiger partial charge in [0.15, 0.2) is 0 Å². The third kappa shape index (κ3) is 6.53. The van der Waals surface area contributed by atoms with Crippen molar-refractivity contribution in [1.29, 1.82) is 0 Å². The van der Waals surface area contributed by atoms with Gasteiger partial charge < -0.3 is 24.5 Å². The fourth-order valence-corrected chi connectivity index (χ4v) is 4.35. The summed E-state index contributed by atoms with van der Waals surface area (Å²) in [6.07, 6.45) is -0.943. The Labute approximate surface area is 225 Å². The van der Waals surface area contributed by atoms with Crippen molar-refractivity contribution in [3.63, 3.8) is 0 Å². The molecule has 4 aromatic rings. The van der Waals surface area contributed by atoms with Gasteiger partial charge in [-0.15, -0.1) is 0 Å². The van der Waals surface area contributed by atoms with E-state index in [2.05, 4.69) is 15.6 Å². The minimum atomic E-state index is -1.25. The molecule has 1 atom stereocenters. The molecule has 10 nitrogen and oxygen atoms in total. The highest BCUT2D eigenvalue weighted by Crippen LogP contribution is 2.24. The van der Waals surface area contributed by atoms with Gasteiger partial charge in [0.1, 0.15) is 11.8 Å². The first-order valence-corrected chi connectivity index (χ1v) is 12.5. The predicted molar refractivity (Wildman–Crippen MR) is 148 cm³/mol. The van der Waals surface area contributed by atoms with Crippen LogP contribution in [-0.4, -0.2) is 46.7 Å². The topological polar surface area (TPSA) is 134 Å². The molecular formula is C29H30N4O6. The van der Waals surface area contributed by atoms with E-state index in [1.54, 1.807) is 18.9 Å². The molecule has 2 amide bonds. The molecule has 0 saturated carbocycles. The Morgan fingerprint density at radius 3 is 2.41 bits per heavy atom. The van der Waals surface area contributed by atoms with Crippen LogP contribution in [0.1, 0.15) is 23.6 Å². The first kappa shape index (κ1) is 27.2. The van der Waals surface area contributed by atoms with Gasteiger partial charge in [-0.1, -0.05) is 42.5 Å². The predicted octanol–water partition coefficient (Wildman–Crippen LogP) is 4.67. The summed E-state index contributed by atoms with van der Waals surface area (Å²) in [4.78, 5) is 44.0. The molecule has 202 valence electrons. The number of anilines is 2. The van der Waals surface area contributed by atoms with E-state index in [0.29, 0.717) is 36.3 Å². The lowest BCUT2D eigenvalue weighted by Crippen LogP contribution is -2.44. The first-order chi connectivity index (χ1) is 18.8. The number of likely N-dealkylation sites (N-methyl/N-ethyl adjacent to an activating group) is 1. The maximum atomic E-state index is 13.8. The largest absolute Gasteiger partial charge is 0.497 e. The molecule has 0 fully saturated rings. The zero-order chi connectivity index (χ0) is 27.9. The highest BCUT2D eigenvalue weighted by atomic mass is 16.5. The van der Waals surface area contributed by atoms with Crippen LogP contribution >= 0.6 is 0 Å². The average molecular weight is 531 g/mol. The number of methoxy groups -OCH3 is 1. The molecule has 0 radical (unpaired) electrons. The minimum Gasteiger partial charge on any atom is -0.497 e. The number of carboxylic acid groups (broad SMARTS) is 1. The van der Waals surface area contributed by atoms with E-state index in [4.69, 9.17) is 14.3 Å². The highest BCUT2D eigenvalue weighted by molar-refractivity contribution is 5.92. The van der Waals surface area contributed by atoms with E-state index in [1.165, 1.54) is 12.1 Å². The molecule has 3 aromatic carbocycles. The molecule has 0 saturated heterocycles. The normalized spacial score (nSPS) is 11.6. The fourth-order valence-electron chi connectivity index (χ4n) is 4.35. The van der Waals surface area contributed by atoms with Gasteiger partial charge in [-0.3, -0.25) is 10.1 Å². The van der Waals surface area contributed by atoms with Crippen LogP contribution in [0.25, 0.3) is 10.9 Å². The molecule has 0 aliphatic carbocycles. The van der Waals surface area contributed by atoms with Gasteiger partial charge in [0.2, 0.25) is 5.91 Å². The molecule has 0 aliphatic heterocycles. The third-order valence-corrected chi connectivity index (χ3v) is 6.40. The quantitative estimate of drug-likeness (QED) is 0.269. The van der Waals surface area contributed by atoms with Crippen molar-refractivity contribution in [2.75, 3.05) is 24.3 Å². The molecule has 0 bridgehead atoms. The Balaban J connectivity index is 1.67. The van der Waals surface area contributed by atoms with Gasteiger partial charge in [0, 0.05) is 25.2 Å². The zero-order valence-electron chi connectivity index (χ0n) is 21.9. The number of nitrogens with zero attached hydrogens (tertiary/aromatic N) is 2. The number of ether oxygens (including phenoxy) is 1. The maximum Gasteiger partial charge on any atom is 0.409 e. The molecule has 4 rings (SSSR count). The van der Waals surface area contributed by atoms with E-state index in [1.807, 2.05) is 61.5 Å². The van der Waals surface area contributed by atoms with Crippen molar-refractivity contribution in [3.05, 3.63) is 93.8 Å². The summed E-state index contributed by atoms with van der Waals surface area (Å²) >= 11 is 0. The molecule has 0 aliphatic rings. The van der Waals surface area contributed by atoms with Gasteiger partial charge >= 0.3 is 11.7 Å². The monoisotopic (exact) mass is 530 g/mol. The standard InChI is InChI=1S/C29H30N4O6/c1-4-33(17-20-8-6-5-7-9-20)26(34)24(16-19-10-12-21(38-3)13-11-19)31-28-30-23-15-14-22(32-29(36)37)18(2)25(23)27(35)39-28/h5-15,24,32H,4,16-17H2,1-3H3,(H,30,31)(H,36,37)/t24-/m0/s1. The van der Waals surface area contributed by atoms with Crippen molar-refractivity contribution in [2.24, 2.45) is 0 Å². The lowest BCUT2D eigenvalue weighted by Gasteiger charge is -2.27. The fraction of sp³-hybridized carbons (Fsp3) is 0.241. The van der Waals surface area contributed by atoms with E-state index in [9.17, 15) is 14.4 Å². The molecule has 39 heavy (non-hydrogen) atoms. The molecule has 0 unspecified atom stereocenters. The van der Waals surface area contributed by atoms with Crippen LogP contribution in [0.2, 0.25) is 0 Å². The second-order valence-corrected chi connectivity index (χ2v) is 8.96. The number of fused-ring (bicyclic) bond motifs is 1. The zero-order valence-corrected chi connectivity index (χ0v) is 21.9. The number of benzene rings is 3. The molecule has 3 N–H and O–H groups in total. The summed E-state index contributed by atoms with van der Waals surface area (Å²) in [5.41, 5.74) is 2.15. The van der Waals surface area contributed by atoms with Crippen LogP contribution in [0, 0.1) is 6.92 Å². The Morgan fingerprint density at radius 1 is 1.05 bits per heavy atom. The van der Waals surface area contributed by atoms with Crippen molar-refractivity contribution in [3.8, 4) is 5.75 Å². The van der Waals surface area contributed by atoms with E-state index >= 15 is 0 Å². The maximum absolute atomic E-state index is 13.8. The van der Waals surface area contributed by atoms with Gasteiger partial charge in [-0.05, 0) is 54.8 Å². The van der Waals surface area contributed by atoms with E-state index in [-0.39, 0.29) is 23.0 Å². The number of carbonyl (C=O) groups excluding carboxylic acids is 1. The summed E-state index contributed by atoms with van der Waals surface area (Å²) < 4.78 is 10.7. The van der Waals surface area contributed by atoms with Crippen molar-refractivity contribution in [2.45, 2.75) is 32.9 Å². The minimum absolute atomic E-state index is 0.103. The smallest absolute Gasteiger partial charge is 0.409 e.